The second kappa shape index (κ2) is 6.54. The van der Waals surface area contributed by atoms with E-state index in [9.17, 15) is 14.4 Å². The highest BCUT2D eigenvalue weighted by Crippen LogP contribution is 2.34. The molecule has 0 bridgehead atoms. The van der Waals surface area contributed by atoms with Crippen LogP contribution in [0.4, 0.5) is 0 Å². The fourth-order valence-electron chi connectivity index (χ4n) is 3.07. The van der Waals surface area contributed by atoms with Gasteiger partial charge in [0.05, 0.1) is 11.8 Å². The molecule has 0 radical (unpaired) electrons. The van der Waals surface area contributed by atoms with Crippen molar-refractivity contribution in [2.75, 3.05) is 6.54 Å². The van der Waals surface area contributed by atoms with Crippen LogP contribution >= 0.6 is 11.6 Å². The van der Waals surface area contributed by atoms with Gasteiger partial charge in [-0.05, 0) is 30.5 Å². The van der Waals surface area contributed by atoms with Gasteiger partial charge in [0.1, 0.15) is 6.54 Å². The molecule has 1 aromatic carbocycles. The van der Waals surface area contributed by atoms with Crippen molar-refractivity contribution in [1.29, 1.82) is 0 Å². The van der Waals surface area contributed by atoms with Gasteiger partial charge in [-0.15, -0.1) is 0 Å². The molecule has 5 nitrogen and oxygen atoms in total. The van der Waals surface area contributed by atoms with Gasteiger partial charge < -0.3 is 5.32 Å². The molecule has 120 valence electrons. The summed E-state index contributed by atoms with van der Waals surface area (Å²) in [4.78, 5) is 37.7. The summed E-state index contributed by atoms with van der Waals surface area (Å²) in [5.74, 6) is -1.41. The van der Waals surface area contributed by atoms with Crippen LogP contribution in [0.25, 0.3) is 0 Å². The molecule has 0 unspecified atom stereocenters. The van der Waals surface area contributed by atoms with E-state index < -0.39 is 0 Å². The second-order valence-corrected chi connectivity index (χ2v) is 6.26. The van der Waals surface area contributed by atoms with Crippen molar-refractivity contribution in [3.8, 4) is 0 Å². The van der Waals surface area contributed by atoms with Gasteiger partial charge in [-0.1, -0.05) is 35.9 Å². The SMILES string of the molecule is O=C(CN1C(=O)[C@H]2CC=CC[C@@H]2C1=O)NCc1cccc(Cl)c1. The Morgan fingerprint density at radius 2 is 1.83 bits per heavy atom. The Hall–Kier alpha value is -2.14. The summed E-state index contributed by atoms with van der Waals surface area (Å²) < 4.78 is 0. The van der Waals surface area contributed by atoms with Crippen LogP contribution in [0.2, 0.25) is 5.02 Å². The molecule has 1 fully saturated rings. The first kappa shape index (κ1) is 15.7. The lowest BCUT2D eigenvalue weighted by atomic mass is 9.85. The van der Waals surface area contributed by atoms with E-state index in [0.717, 1.165) is 10.5 Å². The summed E-state index contributed by atoms with van der Waals surface area (Å²) in [7, 11) is 0. The van der Waals surface area contributed by atoms with Crippen LogP contribution in [0, 0.1) is 11.8 Å². The van der Waals surface area contributed by atoms with Gasteiger partial charge in [-0.25, -0.2) is 0 Å². The molecule has 1 aliphatic heterocycles. The van der Waals surface area contributed by atoms with Gasteiger partial charge in [0.2, 0.25) is 17.7 Å². The van der Waals surface area contributed by atoms with E-state index in [1.807, 2.05) is 18.2 Å². The molecule has 0 saturated carbocycles. The number of rotatable bonds is 4. The van der Waals surface area contributed by atoms with Crippen LogP contribution < -0.4 is 5.32 Å². The van der Waals surface area contributed by atoms with Gasteiger partial charge in [0.15, 0.2) is 0 Å². The average Bonchev–Trinajstić information content (AvgIpc) is 2.79. The minimum Gasteiger partial charge on any atom is -0.350 e. The smallest absolute Gasteiger partial charge is 0.240 e. The maximum Gasteiger partial charge on any atom is 0.240 e. The summed E-state index contributed by atoms with van der Waals surface area (Å²) in [5.41, 5.74) is 0.864. The molecule has 2 aliphatic rings. The molecule has 3 rings (SSSR count). The van der Waals surface area contributed by atoms with Crippen molar-refractivity contribution in [2.24, 2.45) is 11.8 Å². The number of nitrogens with one attached hydrogen (secondary N) is 1. The van der Waals surface area contributed by atoms with Crippen molar-refractivity contribution in [1.82, 2.24) is 10.2 Å². The Bertz CT molecular complexity index is 660. The number of nitrogens with zero attached hydrogens (tertiary/aromatic N) is 1. The van der Waals surface area contributed by atoms with Gasteiger partial charge >= 0.3 is 0 Å². The number of carbonyl (C=O) groups is 3. The first-order chi connectivity index (χ1) is 11.1. The third-order valence-electron chi connectivity index (χ3n) is 4.28. The van der Waals surface area contributed by atoms with Gasteiger partial charge in [0.25, 0.3) is 0 Å². The lowest BCUT2D eigenvalue weighted by Crippen LogP contribution is -2.40. The number of carbonyl (C=O) groups excluding carboxylic acids is 3. The minimum absolute atomic E-state index is 0.217. The molecule has 6 heteroatoms. The Labute approximate surface area is 139 Å². The predicted octanol–water partition coefficient (Wildman–Crippen LogP) is 1.91. The van der Waals surface area contributed by atoms with Crippen LogP contribution in [0.1, 0.15) is 18.4 Å². The van der Waals surface area contributed by atoms with Crippen LogP contribution in [0.5, 0.6) is 0 Å². The Morgan fingerprint density at radius 3 is 2.43 bits per heavy atom. The molecule has 23 heavy (non-hydrogen) atoms. The van der Waals surface area contributed by atoms with E-state index in [-0.39, 0.29) is 36.1 Å². The number of allylic oxidation sites excluding steroid dienone is 2. The summed E-state index contributed by atoms with van der Waals surface area (Å²) >= 11 is 5.89. The molecule has 1 N–H and O–H groups in total. The van der Waals surface area contributed by atoms with Crippen molar-refractivity contribution in [2.45, 2.75) is 19.4 Å². The fourth-order valence-corrected chi connectivity index (χ4v) is 3.28. The number of benzene rings is 1. The topological polar surface area (TPSA) is 66.5 Å². The van der Waals surface area contributed by atoms with Crippen molar-refractivity contribution in [3.05, 3.63) is 47.0 Å². The van der Waals surface area contributed by atoms with Crippen molar-refractivity contribution in [3.63, 3.8) is 0 Å². The largest absolute Gasteiger partial charge is 0.350 e. The van der Waals surface area contributed by atoms with E-state index >= 15 is 0 Å². The summed E-state index contributed by atoms with van der Waals surface area (Å²) in [5, 5.41) is 3.31. The zero-order valence-corrected chi connectivity index (χ0v) is 13.3. The third kappa shape index (κ3) is 3.29. The summed E-state index contributed by atoms with van der Waals surface area (Å²) in [6.45, 7) is 0.0925. The van der Waals surface area contributed by atoms with E-state index in [1.165, 1.54) is 0 Å². The number of hydrogen-bond acceptors (Lipinski definition) is 3. The van der Waals surface area contributed by atoms with E-state index in [0.29, 0.717) is 24.4 Å². The highest BCUT2D eigenvalue weighted by atomic mass is 35.5. The number of amides is 3. The highest BCUT2D eigenvalue weighted by molar-refractivity contribution is 6.30. The minimum atomic E-state index is -0.349. The second-order valence-electron chi connectivity index (χ2n) is 5.83. The molecule has 3 amide bonds. The molecule has 1 saturated heterocycles. The zero-order valence-electron chi connectivity index (χ0n) is 12.5. The Kier molecular flexibility index (Phi) is 4.48. The predicted molar refractivity (Wildman–Crippen MR) is 85.4 cm³/mol. The maximum absolute atomic E-state index is 12.3. The maximum atomic E-state index is 12.3. The van der Waals surface area contributed by atoms with E-state index in [4.69, 9.17) is 11.6 Å². The molecular weight excluding hydrogens is 316 g/mol. The monoisotopic (exact) mass is 332 g/mol. The quantitative estimate of drug-likeness (QED) is 0.676. The van der Waals surface area contributed by atoms with Crippen LogP contribution in [-0.4, -0.2) is 29.2 Å². The number of halogens is 1. The lowest BCUT2D eigenvalue weighted by molar-refractivity contribution is -0.143. The number of likely N-dealkylation sites (tertiary alicyclic amines) is 1. The van der Waals surface area contributed by atoms with Crippen molar-refractivity contribution < 1.29 is 14.4 Å². The lowest BCUT2D eigenvalue weighted by Gasteiger charge is -2.14. The third-order valence-corrected chi connectivity index (χ3v) is 4.51. The Morgan fingerprint density at radius 1 is 1.17 bits per heavy atom. The van der Waals surface area contributed by atoms with Crippen LogP contribution in [0.3, 0.4) is 0 Å². The average molecular weight is 333 g/mol. The van der Waals surface area contributed by atoms with Gasteiger partial charge in [-0.3, -0.25) is 19.3 Å². The Balaban J connectivity index is 1.58. The highest BCUT2D eigenvalue weighted by Gasteiger charge is 2.47. The normalized spacial score (nSPS) is 23.1. The first-order valence-electron chi connectivity index (χ1n) is 7.57. The molecule has 1 aromatic rings. The summed E-state index contributed by atoms with van der Waals surface area (Å²) in [6.07, 6.45) is 5.01. The molecular formula is C17H17ClN2O3. The van der Waals surface area contributed by atoms with Crippen molar-refractivity contribution >= 4 is 29.3 Å². The van der Waals surface area contributed by atoms with E-state index in [2.05, 4.69) is 5.32 Å². The standard InChI is InChI=1S/C17H17ClN2O3/c18-12-5-3-4-11(8-12)9-19-15(21)10-20-16(22)13-6-1-2-7-14(13)17(20)23/h1-5,8,13-14H,6-7,9-10H2,(H,19,21)/t13-,14-/m0/s1. The molecule has 1 heterocycles. The molecule has 0 spiro atoms. The molecule has 0 aromatic heterocycles. The summed E-state index contributed by atoms with van der Waals surface area (Å²) in [6, 6.07) is 7.16. The van der Waals surface area contributed by atoms with Crippen LogP contribution in [0.15, 0.2) is 36.4 Å². The van der Waals surface area contributed by atoms with Crippen LogP contribution in [-0.2, 0) is 20.9 Å². The number of fused-ring (bicyclic) bond motifs is 1. The molecule has 1 aliphatic carbocycles. The first-order valence-corrected chi connectivity index (χ1v) is 7.95. The van der Waals surface area contributed by atoms with Gasteiger partial charge in [0, 0.05) is 11.6 Å². The van der Waals surface area contributed by atoms with Gasteiger partial charge in [-0.2, -0.15) is 0 Å². The zero-order chi connectivity index (χ0) is 16.4. The molecule has 2 atom stereocenters. The fraction of sp³-hybridized carbons (Fsp3) is 0.353. The van der Waals surface area contributed by atoms with E-state index in [1.54, 1.807) is 18.2 Å². The number of imide groups is 1. The number of hydrogen-bond donors (Lipinski definition) is 1.